The molecule has 0 heterocycles. The van der Waals surface area contributed by atoms with E-state index < -0.39 is 30.4 Å². The van der Waals surface area contributed by atoms with E-state index >= 15 is 0 Å². The molecule has 1 aliphatic carbocycles. The van der Waals surface area contributed by atoms with Crippen molar-refractivity contribution in [3.63, 3.8) is 0 Å². The molecule has 0 bridgehead atoms. The highest BCUT2D eigenvalue weighted by atomic mass is 16.6. The number of hydrogen-bond donors (Lipinski definition) is 2. The number of Topliss-reactive ketones (excluding diaryl/α,β-unsaturated/α-hetero) is 1. The zero-order chi connectivity index (χ0) is 16.2. The van der Waals surface area contributed by atoms with Crippen molar-refractivity contribution in [2.75, 3.05) is 0 Å². The second-order valence-electron chi connectivity index (χ2n) is 6.83. The first-order valence-corrected chi connectivity index (χ1v) is 7.75. The molecule has 1 saturated carbocycles. The Morgan fingerprint density at radius 2 is 1.90 bits per heavy atom. The third-order valence-electron chi connectivity index (χ3n) is 4.78. The second-order valence-corrected chi connectivity index (χ2v) is 6.83. The van der Waals surface area contributed by atoms with Crippen molar-refractivity contribution < 1.29 is 24.5 Å². The fourth-order valence-corrected chi connectivity index (χ4v) is 2.77. The average Bonchev–Trinajstić information content (AvgIpc) is 2.38. The van der Waals surface area contributed by atoms with Crippen LogP contribution in [0.4, 0.5) is 0 Å². The zero-order valence-corrected chi connectivity index (χ0v) is 13.5. The molecule has 2 N–H and O–H groups in total. The second kappa shape index (κ2) is 7.36. The Kier molecular flexibility index (Phi) is 6.35. The topological polar surface area (TPSA) is 83.8 Å². The van der Waals surface area contributed by atoms with Crippen LogP contribution in [0.5, 0.6) is 0 Å². The summed E-state index contributed by atoms with van der Waals surface area (Å²) in [7, 11) is 0. The number of ketones is 1. The maximum atomic E-state index is 11.8. The van der Waals surface area contributed by atoms with Crippen LogP contribution < -0.4 is 0 Å². The van der Waals surface area contributed by atoms with Gasteiger partial charge < -0.3 is 14.9 Å². The maximum absolute atomic E-state index is 11.8. The van der Waals surface area contributed by atoms with Gasteiger partial charge in [0.2, 0.25) is 0 Å². The Balaban J connectivity index is 2.52. The molecule has 0 radical (unpaired) electrons. The molecular weight excluding hydrogens is 272 g/mol. The number of hydrogen-bond acceptors (Lipinski definition) is 5. The molecule has 0 aromatic carbocycles. The van der Waals surface area contributed by atoms with E-state index in [4.69, 9.17) is 9.84 Å². The van der Waals surface area contributed by atoms with Gasteiger partial charge in [0.1, 0.15) is 12.2 Å². The van der Waals surface area contributed by atoms with Crippen molar-refractivity contribution in [3.05, 3.63) is 0 Å². The molecule has 0 spiro atoms. The van der Waals surface area contributed by atoms with Gasteiger partial charge in [-0.05, 0) is 43.9 Å². The monoisotopic (exact) mass is 300 g/mol. The minimum Gasteiger partial charge on any atom is -0.460 e. The average molecular weight is 300 g/mol. The highest BCUT2D eigenvalue weighted by molar-refractivity contribution is 5.88. The number of ether oxygens (including phenoxy) is 1. The lowest BCUT2D eigenvalue weighted by atomic mass is 9.67. The van der Waals surface area contributed by atoms with Gasteiger partial charge in [-0.25, -0.2) is 4.79 Å². The molecule has 0 amide bonds. The Hall–Kier alpha value is -0.940. The molecule has 1 fully saturated rings. The zero-order valence-electron chi connectivity index (χ0n) is 13.5. The van der Waals surface area contributed by atoms with Crippen molar-refractivity contribution >= 4 is 11.8 Å². The molecule has 5 nitrogen and oxygen atoms in total. The maximum Gasteiger partial charge on any atom is 0.335 e. The number of esters is 1. The Morgan fingerprint density at radius 3 is 2.43 bits per heavy atom. The summed E-state index contributed by atoms with van der Waals surface area (Å²) in [6.45, 7) is 7.85. The Morgan fingerprint density at radius 1 is 1.29 bits per heavy atom. The molecule has 122 valence electrons. The summed E-state index contributed by atoms with van der Waals surface area (Å²) < 4.78 is 5.36. The van der Waals surface area contributed by atoms with E-state index in [-0.39, 0.29) is 11.5 Å². The summed E-state index contributed by atoms with van der Waals surface area (Å²) in [6, 6.07) is 0. The van der Waals surface area contributed by atoms with Gasteiger partial charge in [0.25, 0.3) is 0 Å². The van der Waals surface area contributed by atoms with Gasteiger partial charge in [-0.1, -0.05) is 20.8 Å². The lowest BCUT2D eigenvalue weighted by molar-refractivity contribution is -0.165. The lowest BCUT2D eigenvalue weighted by Crippen LogP contribution is -2.38. The molecule has 5 heteroatoms. The molecule has 21 heavy (non-hydrogen) atoms. The number of rotatable bonds is 6. The third-order valence-corrected chi connectivity index (χ3v) is 4.78. The van der Waals surface area contributed by atoms with Crippen LogP contribution in [0, 0.1) is 11.3 Å². The van der Waals surface area contributed by atoms with Crippen LogP contribution >= 0.6 is 0 Å². The van der Waals surface area contributed by atoms with Crippen LogP contribution in [0.3, 0.4) is 0 Å². The summed E-state index contributed by atoms with van der Waals surface area (Å²) in [5, 5.41) is 18.8. The molecular formula is C16H28O5. The number of carbonyl (C=O) groups excluding carboxylic acids is 2. The van der Waals surface area contributed by atoms with Gasteiger partial charge in [-0.2, -0.15) is 0 Å². The van der Waals surface area contributed by atoms with Crippen molar-refractivity contribution in [3.8, 4) is 0 Å². The van der Waals surface area contributed by atoms with Gasteiger partial charge in [0, 0.05) is 6.42 Å². The summed E-state index contributed by atoms with van der Waals surface area (Å²) in [5.74, 6) is -0.821. The van der Waals surface area contributed by atoms with Crippen LogP contribution in [-0.2, 0) is 14.3 Å². The van der Waals surface area contributed by atoms with E-state index in [1.165, 1.54) is 6.92 Å². The van der Waals surface area contributed by atoms with Crippen molar-refractivity contribution in [1.29, 1.82) is 0 Å². The van der Waals surface area contributed by atoms with Crippen LogP contribution in [0.1, 0.15) is 59.8 Å². The van der Waals surface area contributed by atoms with E-state index in [1.54, 1.807) is 0 Å². The van der Waals surface area contributed by atoms with E-state index in [0.717, 1.165) is 25.7 Å². The van der Waals surface area contributed by atoms with Crippen molar-refractivity contribution in [1.82, 2.24) is 0 Å². The van der Waals surface area contributed by atoms with E-state index in [9.17, 15) is 14.7 Å². The van der Waals surface area contributed by atoms with Crippen LogP contribution in [0.25, 0.3) is 0 Å². The Labute approximate surface area is 126 Å². The van der Waals surface area contributed by atoms with Crippen molar-refractivity contribution in [2.45, 2.75) is 78.1 Å². The van der Waals surface area contributed by atoms with Crippen molar-refractivity contribution in [2.24, 2.45) is 11.3 Å². The molecule has 0 aromatic heterocycles. The van der Waals surface area contributed by atoms with E-state index in [2.05, 4.69) is 20.8 Å². The highest BCUT2D eigenvalue weighted by Crippen LogP contribution is 2.42. The predicted molar refractivity (Wildman–Crippen MR) is 78.6 cm³/mol. The molecule has 0 aromatic rings. The van der Waals surface area contributed by atoms with E-state index in [0.29, 0.717) is 5.92 Å². The molecule has 0 saturated heterocycles. The van der Waals surface area contributed by atoms with Crippen LogP contribution in [0.15, 0.2) is 0 Å². The van der Waals surface area contributed by atoms with Crippen LogP contribution in [-0.4, -0.2) is 40.3 Å². The predicted octanol–water partition coefficient (Wildman–Crippen LogP) is 1.84. The molecule has 1 aliphatic rings. The molecule has 0 aliphatic heterocycles. The van der Waals surface area contributed by atoms with Crippen LogP contribution in [0.2, 0.25) is 0 Å². The standard InChI is InChI=1S/C16H28O5/c1-10(2)16(4)7-5-6-12(9-16)21-15(20)14(19)8-13(18)11(3)17/h10-12,14,17,19H,5-9H2,1-4H3. The minimum absolute atomic E-state index is 0.142. The first-order valence-electron chi connectivity index (χ1n) is 7.75. The normalized spacial score (nSPS) is 29.0. The van der Waals surface area contributed by atoms with Gasteiger partial charge in [0.15, 0.2) is 11.9 Å². The summed E-state index contributed by atoms with van der Waals surface area (Å²) in [6.07, 6.45) is 0.432. The highest BCUT2D eigenvalue weighted by Gasteiger charge is 2.37. The fourth-order valence-electron chi connectivity index (χ4n) is 2.77. The summed E-state index contributed by atoms with van der Waals surface area (Å²) in [4.78, 5) is 23.2. The van der Waals surface area contributed by atoms with Gasteiger partial charge in [0.05, 0.1) is 0 Å². The first-order chi connectivity index (χ1) is 9.65. The summed E-state index contributed by atoms with van der Waals surface area (Å²) >= 11 is 0. The van der Waals surface area contributed by atoms with Gasteiger partial charge >= 0.3 is 5.97 Å². The quantitative estimate of drug-likeness (QED) is 0.731. The fraction of sp³-hybridized carbons (Fsp3) is 0.875. The number of carbonyl (C=O) groups is 2. The van der Waals surface area contributed by atoms with Gasteiger partial charge in [-0.3, -0.25) is 4.79 Å². The Bertz CT molecular complexity index is 377. The smallest absolute Gasteiger partial charge is 0.335 e. The SMILES string of the molecule is CC(O)C(=O)CC(O)C(=O)OC1CCCC(C)(C(C)C)C1. The largest absolute Gasteiger partial charge is 0.460 e. The first kappa shape index (κ1) is 18.1. The third kappa shape index (κ3) is 5.08. The molecule has 1 rings (SSSR count). The van der Waals surface area contributed by atoms with Gasteiger partial charge in [-0.15, -0.1) is 0 Å². The minimum atomic E-state index is -1.49. The lowest BCUT2D eigenvalue weighted by Gasteiger charge is -2.41. The molecule has 4 unspecified atom stereocenters. The van der Waals surface area contributed by atoms with E-state index in [1.807, 2.05) is 0 Å². The summed E-state index contributed by atoms with van der Waals surface area (Å²) in [5.41, 5.74) is 0.142. The molecule has 4 atom stereocenters. The number of aliphatic hydroxyl groups excluding tert-OH is 2. The number of aliphatic hydroxyl groups is 2.